The van der Waals surface area contributed by atoms with Crippen LogP contribution < -0.4 is 11.1 Å². The first-order chi connectivity index (χ1) is 8.97. The molecule has 0 spiro atoms. The van der Waals surface area contributed by atoms with Gasteiger partial charge < -0.3 is 11.1 Å². The Hall–Kier alpha value is -1.59. The smallest absolute Gasteiger partial charge is 0.256 e. The molecule has 0 atom stereocenters. The van der Waals surface area contributed by atoms with Gasteiger partial charge in [0.2, 0.25) is 0 Å². The summed E-state index contributed by atoms with van der Waals surface area (Å²) in [5.41, 5.74) is 7.58. The number of hydrogen-bond acceptors (Lipinski definition) is 3. The number of benzene rings is 1. The molecule has 1 aromatic heterocycles. The molecule has 0 unspecified atom stereocenters. The molecule has 1 aromatic carbocycles. The number of anilines is 2. The van der Waals surface area contributed by atoms with E-state index in [4.69, 9.17) is 17.3 Å². The average molecular weight is 341 g/mol. The summed E-state index contributed by atoms with van der Waals surface area (Å²) in [6.45, 7) is 1.85. The van der Waals surface area contributed by atoms with Gasteiger partial charge in [-0.2, -0.15) is 0 Å². The Balaban J connectivity index is 2.20. The lowest BCUT2D eigenvalue weighted by Crippen LogP contribution is -2.13. The van der Waals surface area contributed by atoms with Crippen LogP contribution >= 0.6 is 27.5 Å². The van der Waals surface area contributed by atoms with Gasteiger partial charge in [-0.15, -0.1) is 0 Å². The molecule has 0 aliphatic carbocycles. The van der Waals surface area contributed by atoms with Crippen LogP contribution in [0.1, 0.15) is 15.9 Å². The lowest BCUT2D eigenvalue weighted by molar-refractivity contribution is 0.102. The van der Waals surface area contributed by atoms with Crippen LogP contribution in [-0.2, 0) is 0 Å². The SMILES string of the molecule is Cc1cc(NC(=O)c2ccc(Br)c(Cl)c2)ncc1N. The number of nitrogens with two attached hydrogens (primary N) is 1. The zero-order chi connectivity index (χ0) is 14.0. The maximum atomic E-state index is 12.0. The normalized spacial score (nSPS) is 10.3. The van der Waals surface area contributed by atoms with Crippen LogP contribution in [0.5, 0.6) is 0 Å². The summed E-state index contributed by atoms with van der Waals surface area (Å²) in [5, 5.41) is 3.17. The molecule has 0 aliphatic heterocycles. The number of carbonyl (C=O) groups is 1. The summed E-state index contributed by atoms with van der Waals surface area (Å²) in [6, 6.07) is 6.70. The fourth-order valence-corrected chi connectivity index (χ4v) is 1.89. The van der Waals surface area contributed by atoms with E-state index in [1.807, 2.05) is 6.92 Å². The minimum atomic E-state index is -0.272. The maximum absolute atomic E-state index is 12.0. The van der Waals surface area contributed by atoms with Crippen molar-refractivity contribution in [3.63, 3.8) is 0 Å². The second-order valence-electron chi connectivity index (χ2n) is 4.01. The van der Waals surface area contributed by atoms with E-state index in [0.717, 1.165) is 10.0 Å². The minimum absolute atomic E-state index is 0.272. The van der Waals surface area contributed by atoms with Crippen molar-refractivity contribution in [2.45, 2.75) is 6.92 Å². The van der Waals surface area contributed by atoms with Crippen LogP contribution in [0.15, 0.2) is 34.9 Å². The van der Waals surface area contributed by atoms with Gasteiger partial charge in [-0.25, -0.2) is 4.98 Å². The molecular formula is C13H11BrClN3O. The van der Waals surface area contributed by atoms with Gasteiger partial charge in [0.25, 0.3) is 5.91 Å². The number of rotatable bonds is 2. The Kier molecular flexibility index (Phi) is 4.07. The number of aromatic nitrogens is 1. The fraction of sp³-hybridized carbons (Fsp3) is 0.0769. The number of nitrogens with zero attached hydrogens (tertiary/aromatic N) is 1. The van der Waals surface area contributed by atoms with E-state index in [1.165, 1.54) is 6.20 Å². The van der Waals surface area contributed by atoms with Gasteiger partial charge in [-0.1, -0.05) is 11.6 Å². The molecule has 6 heteroatoms. The van der Waals surface area contributed by atoms with Gasteiger partial charge >= 0.3 is 0 Å². The Morgan fingerprint density at radius 1 is 1.42 bits per heavy atom. The molecule has 1 heterocycles. The number of pyridine rings is 1. The molecule has 19 heavy (non-hydrogen) atoms. The van der Waals surface area contributed by atoms with Crippen molar-refractivity contribution < 1.29 is 4.79 Å². The van der Waals surface area contributed by atoms with Crippen LogP contribution in [-0.4, -0.2) is 10.9 Å². The number of nitrogen functional groups attached to an aromatic ring is 1. The largest absolute Gasteiger partial charge is 0.397 e. The van der Waals surface area contributed by atoms with Crippen LogP contribution in [0.3, 0.4) is 0 Å². The molecule has 3 N–H and O–H groups in total. The number of amides is 1. The Bertz CT molecular complexity index is 646. The van der Waals surface area contributed by atoms with E-state index in [9.17, 15) is 4.79 Å². The molecule has 98 valence electrons. The number of nitrogens with one attached hydrogen (secondary N) is 1. The summed E-state index contributed by atoms with van der Waals surface area (Å²) in [7, 11) is 0. The molecule has 0 saturated carbocycles. The topological polar surface area (TPSA) is 68.0 Å². The molecule has 0 bridgehead atoms. The van der Waals surface area contributed by atoms with E-state index >= 15 is 0 Å². The summed E-state index contributed by atoms with van der Waals surface area (Å²) in [5.74, 6) is 0.182. The van der Waals surface area contributed by atoms with Crippen molar-refractivity contribution in [3.8, 4) is 0 Å². The molecule has 0 fully saturated rings. The highest BCUT2D eigenvalue weighted by Gasteiger charge is 2.09. The van der Waals surface area contributed by atoms with Crippen molar-refractivity contribution in [2.75, 3.05) is 11.1 Å². The third-order valence-corrected chi connectivity index (χ3v) is 3.81. The van der Waals surface area contributed by atoms with E-state index in [0.29, 0.717) is 22.1 Å². The third-order valence-electron chi connectivity index (χ3n) is 2.57. The first-order valence-electron chi connectivity index (χ1n) is 5.46. The first-order valence-corrected chi connectivity index (χ1v) is 6.63. The van der Waals surface area contributed by atoms with Gasteiger partial charge in [0.05, 0.1) is 16.9 Å². The van der Waals surface area contributed by atoms with Crippen LogP contribution in [0.2, 0.25) is 5.02 Å². The van der Waals surface area contributed by atoms with E-state index in [2.05, 4.69) is 26.2 Å². The average Bonchev–Trinajstić information content (AvgIpc) is 2.37. The second-order valence-corrected chi connectivity index (χ2v) is 5.27. The highest BCUT2D eigenvalue weighted by atomic mass is 79.9. The zero-order valence-electron chi connectivity index (χ0n) is 10.1. The minimum Gasteiger partial charge on any atom is -0.397 e. The third kappa shape index (κ3) is 3.24. The van der Waals surface area contributed by atoms with Crippen molar-refractivity contribution in [1.82, 2.24) is 4.98 Å². The van der Waals surface area contributed by atoms with Gasteiger partial charge in [-0.05, 0) is 52.7 Å². The number of carbonyl (C=O) groups excluding carboxylic acids is 1. The van der Waals surface area contributed by atoms with E-state index in [-0.39, 0.29) is 5.91 Å². The summed E-state index contributed by atoms with van der Waals surface area (Å²) >= 11 is 9.22. The van der Waals surface area contributed by atoms with E-state index in [1.54, 1.807) is 24.3 Å². The van der Waals surface area contributed by atoms with Crippen LogP contribution in [0.25, 0.3) is 0 Å². The zero-order valence-corrected chi connectivity index (χ0v) is 12.4. The summed E-state index contributed by atoms with van der Waals surface area (Å²) in [4.78, 5) is 16.1. The van der Waals surface area contributed by atoms with Crippen molar-refractivity contribution in [1.29, 1.82) is 0 Å². The molecule has 0 aliphatic rings. The number of halogens is 2. The van der Waals surface area contributed by atoms with Gasteiger partial charge in [0, 0.05) is 10.0 Å². The molecular weight excluding hydrogens is 330 g/mol. The summed E-state index contributed by atoms with van der Waals surface area (Å²) < 4.78 is 0.743. The standard InChI is InChI=1S/C13H11BrClN3O/c1-7-4-12(17-6-11(7)16)18-13(19)8-2-3-9(14)10(15)5-8/h2-6H,16H2,1H3,(H,17,18,19). The Morgan fingerprint density at radius 3 is 2.79 bits per heavy atom. The van der Waals surface area contributed by atoms with Gasteiger partial charge in [-0.3, -0.25) is 4.79 Å². The number of aryl methyl sites for hydroxylation is 1. The van der Waals surface area contributed by atoms with Crippen LogP contribution in [0, 0.1) is 6.92 Å². The quantitative estimate of drug-likeness (QED) is 0.877. The van der Waals surface area contributed by atoms with Crippen molar-refractivity contribution in [3.05, 3.63) is 51.1 Å². The van der Waals surface area contributed by atoms with Crippen molar-refractivity contribution >= 4 is 44.9 Å². The van der Waals surface area contributed by atoms with Crippen LogP contribution in [0.4, 0.5) is 11.5 Å². The predicted octanol–water partition coefficient (Wildman–Crippen LogP) is 3.64. The fourth-order valence-electron chi connectivity index (χ4n) is 1.46. The summed E-state index contributed by atoms with van der Waals surface area (Å²) in [6.07, 6.45) is 1.51. The second kappa shape index (κ2) is 5.59. The molecule has 1 amide bonds. The highest BCUT2D eigenvalue weighted by molar-refractivity contribution is 9.10. The molecule has 4 nitrogen and oxygen atoms in total. The number of hydrogen-bond donors (Lipinski definition) is 2. The first kappa shape index (κ1) is 13.8. The Labute approximate surface area is 124 Å². The van der Waals surface area contributed by atoms with E-state index < -0.39 is 0 Å². The molecule has 0 radical (unpaired) electrons. The van der Waals surface area contributed by atoms with Gasteiger partial charge in [0.1, 0.15) is 5.82 Å². The molecule has 2 aromatic rings. The molecule has 2 rings (SSSR count). The monoisotopic (exact) mass is 339 g/mol. The maximum Gasteiger partial charge on any atom is 0.256 e. The van der Waals surface area contributed by atoms with Gasteiger partial charge in [0.15, 0.2) is 0 Å². The van der Waals surface area contributed by atoms with Crippen molar-refractivity contribution in [2.24, 2.45) is 0 Å². The highest BCUT2D eigenvalue weighted by Crippen LogP contribution is 2.23. The Morgan fingerprint density at radius 2 is 2.16 bits per heavy atom. The molecule has 0 saturated heterocycles. The lowest BCUT2D eigenvalue weighted by atomic mass is 10.2. The predicted molar refractivity (Wildman–Crippen MR) is 80.5 cm³/mol. The lowest BCUT2D eigenvalue weighted by Gasteiger charge is -2.07.